The van der Waals surface area contributed by atoms with Gasteiger partial charge in [0.2, 0.25) is 23.6 Å². The molecule has 33 heavy (non-hydrogen) atoms. The van der Waals surface area contributed by atoms with Gasteiger partial charge in [-0.3, -0.25) is 24.0 Å². The number of nitrogens with one attached hydrogen (secondary N) is 3. The van der Waals surface area contributed by atoms with Gasteiger partial charge < -0.3 is 42.7 Å². The second-order valence-electron chi connectivity index (χ2n) is 7.17. The highest BCUT2D eigenvalue weighted by Gasteiger charge is 2.32. The van der Waals surface area contributed by atoms with E-state index in [4.69, 9.17) is 16.6 Å². The van der Waals surface area contributed by atoms with E-state index in [1.807, 2.05) is 0 Å². The first-order chi connectivity index (χ1) is 15.3. The molecular weight excluding hydrogens is 462 g/mol. The highest BCUT2D eigenvalue weighted by atomic mass is 32.2. The Hall–Kier alpha value is -2.91. The Labute approximate surface area is 194 Å². The van der Waals surface area contributed by atoms with E-state index in [0.717, 1.165) is 0 Å². The molecule has 0 bridgehead atoms. The lowest BCUT2D eigenvalue weighted by Gasteiger charge is -2.25. The van der Waals surface area contributed by atoms with Crippen LogP contribution in [0.25, 0.3) is 0 Å². The molecule has 188 valence electrons. The van der Waals surface area contributed by atoms with Crippen LogP contribution in [-0.2, 0) is 28.8 Å². The number of carbonyl (C=O) groups excluding carboxylic acids is 4. The third kappa shape index (κ3) is 12.1. The Morgan fingerprint density at radius 2 is 1.39 bits per heavy atom. The van der Waals surface area contributed by atoms with E-state index in [1.54, 1.807) is 6.26 Å². The normalized spacial score (nSPS) is 15.3. The summed E-state index contributed by atoms with van der Waals surface area (Å²) in [5, 5.41) is 34.2. The van der Waals surface area contributed by atoms with Crippen LogP contribution in [0.2, 0.25) is 0 Å². The van der Waals surface area contributed by atoms with Crippen LogP contribution in [0.5, 0.6) is 0 Å². The predicted molar refractivity (Wildman–Crippen MR) is 117 cm³/mol. The van der Waals surface area contributed by atoms with Crippen LogP contribution in [0.4, 0.5) is 0 Å². The summed E-state index contributed by atoms with van der Waals surface area (Å²) in [5.74, 6) is -6.13. The van der Waals surface area contributed by atoms with Gasteiger partial charge in [-0.2, -0.15) is 11.8 Å². The molecule has 0 radical (unpaired) electrons. The van der Waals surface area contributed by atoms with Crippen LogP contribution in [0.3, 0.4) is 0 Å². The average molecular weight is 494 g/mol. The molecule has 0 fully saturated rings. The summed E-state index contributed by atoms with van der Waals surface area (Å²) >= 11 is 1.35. The molecule has 0 saturated carbocycles. The van der Waals surface area contributed by atoms with E-state index < -0.39 is 85.1 Å². The summed E-state index contributed by atoms with van der Waals surface area (Å²) in [6, 6.07) is -5.76. The lowest BCUT2D eigenvalue weighted by atomic mass is 10.1. The summed E-state index contributed by atoms with van der Waals surface area (Å²) in [6.45, 7) is 1.24. The summed E-state index contributed by atoms with van der Waals surface area (Å²) in [7, 11) is 0. The number of carboxylic acid groups (broad SMARTS) is 2. The second kappa shape index (κ2) is 15.0. The van der Waals surface area contributed by atoms with Crippen molar-refractivity contribution in [3.63, 3.8) is 0 Å². The van der Waals surface area contributed by atoms with Crippen molar-refractivity contribution in [2.24, 2.45) is 11.5 Å². The zero-order valence-electron chi connectivity index (χ0n) is 18.3. The molecule has 0 aromatic rings. The van der Waals surface area contributed by atoms with Gasteiger partial charge in [0, 0.05) is 6.42 Å². The average Bonchev–Trinajstić information content (AvgIpc) is 2.71. The van der Waals surface area contributed by atoms with Gasteiger partial charge in [-0.05, 0) is 31.8 Å². The number of carboxylic acids is 2. The Bertz CT molecular complexity index is 734. The molecule has 0 spiro atoms. The fraction of sp³-hybridized carbons (Fsp3) is 0.667. The molecule has 0 saturated heterocycles. The lowest BCUT2D eigenvalue weighted by Crippen LogP contribution is -2.58. The van der Waals surface area contributed by atoms with Gasteiger partial charge in [0.15, 0.2) is 0 Å². The number of aliphatic hydroxyl groups is 1. The third-order valence-corrected chi connectivity index (χ3v) is 5.01. The Morgan fingerprint density at radius 3 is 1.85 bits per heavy atom. The van der Waals surface area contributed by atoms with Crippen molar-refractivity contribution in [3.8, 4) is 0 Å². The van der Waals surface area contributed by atoms with Gasteiger partial charge in [-0.15, -0.1) is 0 Å². The molecule has 0 aliphatic rings. The monoisotopic (exact) mass is 493 g/mol. The number of thioether (sulfide) groups is 1. The van der Waals surface area contributed by atoms with E-state index in [-0.39, 0.29) is 6.42 Å². The number of primary amides is 1. The number of aliphatic hydroxyl groups excluding tert-OH is 1. The maximum Gasteiger partial charge on any atom is 0.326 e. The molecule has 5 unspecified atom stereocenters. The highest BCUT2D eigenvalue weighted by Crippen LogP contribution is 2.05. The third-order valence-electron chi connectivity index (χ3n) is 4.37. The first-order valence-corrected chi connectivity index (χ1v) is 11.3. The summed E-state index contributed by atoms with van der Waals surface area (Å²) < 4.78 is 0. The van der Waals surface area contributed by atoms with Gasteiger partial charge in [-0.25, -0.2) is 4.79 Å². The van der Waals surface area contributed by atoms with E-state index in [0.29, 0.717) is 5.75 Å². The van der Waals surface area contributed by atoms with Crippen LogP contribution < -0.4 is 27.4 Å². The van der Waals surface area contributed by atoms with E-state index >= 15 is 0 Å². The Kier molecular flexibility index (Phi) is 13.7. The lowest BCUT2D eigenvalue weighted by molar-refractivity contribution is -0.142. The molecule has 0 rings (SSSR count). The second-order valence-corrected chi connectivity index (χ2v) is 8.16. The SMILES string of the molecule is CSCCC(NC(=O)C(CC(N)=O)NC(=O)C(CCC(=O)O)NC(=O)C(N)C(C)O)C(=O)O. The molecule has 0 aromatic heterocycles. The Morgan fingerprint density at radius 1 is 0.879 bits per heavy atom. The van der Waals surface area contributed by atoms with Crippen molar-refractivity contribution in [3.05, 3.63) is 0 Å². The first-order valence-electron chi connectivity index (χ1n) is 9.86. The van der Waals surface area contributed by atoms with E-state index in [2.05, 4.69) is 16.0 Å². The number of carbonyl (C=O) groups is 6. The number of rotatable bonds is 16. The van der Waals surface area contributed by atoms with Gasteiger partial charge in [-0.1, -0.05) is 0 Å². The van der Waals surface area contributed by atoms with Crippen molar-refractivity contribution in [1.82, 2.24) is 16.0 Å². The molecule has 0 aromatic carbocycles. The zero-order valence-corrected chi connectivity index (χ0v) is 19.1. The number of hydrogen-bond acceptors (Lipinski definition) is 9. The zero-order chi connectivity index (χ0) is 25.7. The standard InChI is InChI=1S/C18H31N5O9S/c1-8(24)14(20)17(30)21-9(3-4-13(26)27)15(28)23-11(7-12(19)25)16(29)22-10(18(31)32)5-6-33-2/h8-11,14,24H,3-7,20H2,1-2H3,(H2,19,25)(H,21,30)(H,22,29)(H,23,28)(H,26,27)(H,31,32). The quantitative estimate of drug-likeness (QED) is 0.106. The molecule has 10 N–H and O–H groups in total. The minimum Gasteiger partial charge on any atom is -0.481 e. The molecule has 0 heterocycles. The van der Waals surface area contributed by atoms with Gasteiger partial charge in [0.25, 0.3) is 0 Å². The van der Waals surface area contributed by atoms with E-state index in [1.165, 1.54) is 18.7 Å². The van der Waals surface area contributed by atoms with Crippen molar-refractivity contribution < 1.29 is 44.1 Å². The summed E-state index contributed by atoms with van der Waals surface area (Å²) in [6.07, 6.45) is -1.06. The molecule has 5 atom stereocenters. The fourth-order valence-electron chi connectivity index (χ4n) is 2.47. The Balaban J connectivity index is 5.55. The van der Waals surface area contributed by atoms with Crippen molar-refractivity contribution in [2.75, 3.05) is 12.0 Å². The largest absolute Gasteiger partial charge is 0.481 e. The maximum atomic E-state index is 12.7. The fourth-order valence-corrected chi connectivity index (χ4v) is 2.94. The number of aliphatic carboxylic acids is 2. The molecular formula is C18H31N5O9S. The van der Waals surface area contributed by atoms with Crippen molar-refractivity contribution in [2.45, 2.75) is 62.9 Å². The van der Waals surface area contributed by atoms with Crippen molar-refractivity contribution in [1.29, 1.82) is 0 Å². The first kappa shape index (κ1) is 30.1. The molecule has 14 nitrogen and oxygen atoms in total. The number of hydrogen-bond donors (Lipinski definition) is 8. The van der Waals surface area contributed by atoms with Crippen LogP contribution in [0, 0.1) is 0 Å². The predicted octanol–water partition coefficient (Wildman–Crippen LogP) is -3.27. The topological polar surface area (TPSA) is 251 Å². The molecule has 15 heteroatoms. The summed E-state index contributed by atoms with van der Waals surface area (Å²) in [4.78, 5) is 71.0. The van der Waals surface area contributed by atoms with Gasteiger partial charge in [0.1, 0.15) is 24.2 Å². The van der Waals surface area contributed by atoms with Gasteiger partial charge in [0.05, 0.1) is 12.5 Å². The molecule has 0 aliphatic carbocycles. The van der Waals surface area contributed by atoms with Crippen LogP contribution >= 0.6 is 11.8 Å². The molecule has 4 amide bonds. The minimum atomic E-state index is -1.58. The minimum absolute atomic E-state index is 0.0774. The smallest absolute Gasteiger partial charge is 0.326 e. The maximum absolute atomic E-state index is 12.7. The molecule has 0 aliphatic heterocycles. The number of nitrogens with two attached hydrogens (primary N) is 2. The summed E-state index contributed by atoms with van der Waals surface area (Å²) in [5.41, 5.74) is 10.6. The van der Waals surface area contributed by atoms with E-state index in [9.17, 15) is 39.0 Å². The van der Waals surface area contributed by atoms with Gasteiger partial charge >= 0.3 is 11.9 Å². The van der Waals surface area contributed by atoms with Crippen LogP contribution in [-0.4, -0.2) is 93.2 Å². The number of amides is 4. The van der Waals surface area contributed by atoms with Crippen LogP contribution in [0.1, 0.15) is 32.6 Å². The van der Waals surface area contributed by atoms with Crippen molar-refractivity contribution >= 4 is 47.3 Å². The highest BCUT2D eigenvalue weighted by molar-refractivity contribution is 7.98. The van der Waals surface area contributed by atoms with Crippen LogP contribution in [0.15, 0.2) is 0 Å².